The largest absolute Gasteiger partial charge is 0.462 e. The van der Waals surface area contributed by atoms with Crippen LogP contribution in [-0.2, 0) is 10.1 Å². The molecule has 0 N–H and O–H groups in total. The van der Waals surface area contributed by atoms with E-state index in [0.717, 1.165) is 10.9 Å². The van der Waals surface area contributed by atoms with E-state index in [4.69, 9.17) is 4.42 Å². The van der Waals surface area contributed by atoms with Gasteiger partial charge in [0, 0.05) is 5.33 Å². The minimum atomic E-state index is -0.563. The maximum atomic E-state index is 11.1. The standard InChI is InChI=1S/C10H8BrNO3/c1-14-10(13)9-12-7-3-2-6(5-11)4-8(7)15-9/h2-4H,5H2,1H3. The molecule has 2 aromatic rings. The summed E-state index contributed by atoms with van der Waals surface area (Å²) in [5.41, 5.74) is 2.31. The highest BCUT2D eigenvalue weighted by molar-refractivity contribution is 9.08. The second-order valence-electron chi connectivity index (χ2n) is 2.95. The first-order chi connectivity index (χ1) is 7.24. The number of carbonyl (C=O) groups is 1. The lowest BCUT2D eigenvalue weighted by atomic mass is 10.2. The number of hydrogen-bond acceptors (Lipinski definition) is 4. The summed E-state index contributed by atoms with van der Waals surface area (Å²) in [7, 11) is 1.29. The minimum Gasteiger partial charge on any atom is -0.462 e. The molecule has 0 aliphatic heterocycles. The highest BCUT2D eigenvalue weighted by atomic mass is 79.9. The van der Waals surface area contributed by atoms with Crippen LogP contribution in [0.15, 0.2) is 22.6 Å². The average molecular weight is 270 g/mol. The predicted octanol–water partition coefficient (Wildman–Crippen LogP) is 2.51. The third kappa shape index (κ3) is 1.87. The van der Waals surface area contributed by atoms with Crippen LogP contribution in [0.1, 0.15) is 16.2 Å². The van der Waals surface area contributed by atoms with E-state index in [1.807, 2.05) is 18.2 Å². The fourth-order valence-corrected chi connectivity index (χ4v) is 1.58. The molecule has 0 amide bonds. The molecular formula is C10H8BrNO3. The molecule has 0 aliphatic carbocycles. The number of esters is 1. The number of fused-ring (bicyclic) bond motifs is 1. The van der Waals surface area contributed by atoms with E-state index in [-0.39, 0.29) is 5.89 Å². The Morgan fingerprint density at radius 2 is 2.40 bits per heavy atom. The zero-order chi connectivity index (χ0) is 10.8. The number of benzene rings is 1. The monoisotopic (exact) mass is 269 g/mol. The maximum absolute atomic E-state index is 11.1. The van der Waals surface area contributed by atoms with Gasteiger partial charge in [-0.1, -0.05) is 22.0 Å². The van der Waals surface area contributed by atoms with Crippen molar-refractivity contribution in [3.8, 4) is 0 Å². The minimum absolute atomic E-state index is 0.0146. The SMILES string of the molecule is COC(=O)c1nc2ccc(CBr)cc2o1. The molecule has 0 spiro atoms. The number of carbonyl (C=O) groups excluding carboxylic acids is 1. The summed E-state index contributed by atoms with van der Waals surface area (Å²) in [6.45, 7) is 0. The van der Waals surface area contributed by atoms with Crippen LogP contribution < -0.4 is 0 Å². The van der Waals surface area contributed by atoms with Crippen molar-refractivity contribution in [1.29, 1.82) is 0 Å². The van der Waals surface area contributed by atoms with Crippen molar-refractivity contribution in [3.05, 3.63) is 29.7 Å². The van der Waals surface area contributed by atoms with Crippen LogP contribution in [-0.4, -0.2) is 18.1 Å². The molecule has 0 aliphatic rings. The molecule has 0 saturated carbocycles. The topological polar surface area (TPSA) is 52.3 Å². The van der Waals surface area contributed by atoms with E-state index < -0.39 is 5.97 Å². The zero-order valence-corrected chi connectivity index (χ0v) is 9.58. The van der Waals surface area contributed by atoms with Crippen molar-refractivity contribution in [2.45, 2.75) is 5.33 Å². The summed E-state index contributed by atoms with van der Waals surface area (Å²) in [5.74, 6) is -0.578. The number of oxazole rings is 1. The van der Waals surface area contributed by atoms with Crippen LogP contribution >= 0.6 is 15.9 Å². The molecule has 1 aromatic heterocycles. The van der Waals surface area contributed by atoms with Crippen LogP contribution in [0.3, 0.4) is 0 Å². The van der Waals surface area contributed by atoms with Crippen molar-refractivity contribution < 1.29 is 13.9 Å². The van der Waals surface area contributed by atoms with Crippen LogP contribution in [0.2, 0.25) is 0 Å². The van der Waals surface area contributed by atoms with Gasteiger partial charge in [0.1, 0.15) is 5.52 Å². The summed E-state index contributed by atoms with van der Waals surface area (Å²) in [6.07, 6.45) is 0. The fraction of sp³-hybridized carbons (Fsp3) is 0.200. The molecule has 5 heteroatoms. The van der Waals surface area contributed by atoms with Crippen LogP contribution in [0.5, 0.6) is 0 Å². The summed E-state index contributed by atoms with van der Waals surface area (Å²) in [6, 6.07) is 5.56. The van der Waals surface area contributed by atoms with Gasteiger partial charge >= 0.3 is 11.9 Å². The van der Waals surface area contributed by atoms with Gasteiger partial charge in [-0.05, 0) is 17.7 Å². The lowest BCUT2D eigenvalue weighted by molar-refractivity contribution is 0.0558. The van der Waals surface area contributed by atoms with E-state index in [0.29, 0.717) is 11.1 Å². The molecule has 0 unspecified atom stereocenters. The molecule has 0 saturated heterocycles. The molecule has 0 bridgehead atoms. The molecule has 2 rings (SSSR count). The quantitative estimate of drug-likeness (QED) is 0.621. The molecule has 1 heterocycles. The molecule has 0 fully saturated rings. The summed E-state index contributed by atoms with van der Waals surface area (Å²) < 4.78 is 9.77. The summed E-state index contributed by atoms with van der Waals surface area (Å²) in [5, 5.41) is 0.733. The Kier molecular flexibility index (Phi) is 2.73. The predicted molar refractivity (Wildman–Crippen MR) is 58.0 cm³/mol. The highest BCUT2D eigenvalue weighted by Gasteiger charge is 2.14. The van der Waals surface area contributed by atoms with Gasteiger partial charge in [0.25, 0.3) is 0 Å². The first kappa shape index (κ1) is 10.2. The summed E-state index contributed by atoms with van der Waals surface area (Å²) >= 11 is 3.34. The Balaban J connectivity index is 2.51. The third-order valence-corrected chi connectivity index (χ3v) is 2.61. The second-order valence-corrected chi connectivity index (χ2v) is 3.51. The highest BCUT2D eigenvalue weighted by Crippen LogP contribution is 2.19. The number of rotatable bonds is 2. The molecule has 0 atom stereocenters. The van der Waals surface area contributed by atoms with E-state index in [1.54, 1.807) is 0 Å². The molecular weight excluding hydrogens is 262 g/mol. The number of nitrogens with zero attached hydrogens (tertiary/aromatic N) is 1. The van der Waals surface area contributed by atoms with Gasteiger partial charge in [-0.15, -0.1) is 0 Å². The van der Waals surface area contributed by atoms with Crippen LogP contribution in [0.25, 0.3) is 11.1 Å². The summed E-state index contributed by atoms with van der Waals surface area (Å²) in [4.78, 5) is 15.2. The molecule has 0 radical (unpaired) electrons. The molecule has 1 aromatic carbocycles. The lowest BCUT2D eigenvalue weighted by Gasteiger charge is -1.92. The molecule has 15 heavy (non-hydrogen) atoms. The number of alkyl halides is 1. The number of hydrogen-bond donors (Lipinski definition) is 0. The number of ether oxygens (including phenoxy) is 1. The van der Waals surface area contributed by atoms with Crippen LogP contribution in [0, 0.1) is 0 Å². The van der Waals surface area contributed by atoms with E-state index >= 15 is 0 Å². The Morgan fingerprint density at radius 1 is 1.60 bits per heavy atom. The van der Waals surface area contributed by atoms with Crippen molar-refractivity contribution in [2.24, 2.45) is 0 Å². The van der Waals surface area contributed by atoms with E-state index in [1.165, 1.54) is 7.11 Å². The Bertz CT molecular complexity index is 506. The first-order valence-electron chi connectivity index (χ1n) is 4.28. The second kappa shape index (κ2) is 4.02. The van der Waals surface area contributed by atoms with Crippen molar-refractivity contribution in [3.63, 3.8) is 0 Å². The number of methoxy groups -OCH3 is 1. The fourth-order valence-electron chi connectivity index (χ4n) is 1.23. The van der Waals surface area contributed by atoms with Gasteiger partial charge in [0.05, 0.1) is 7.11 Å². The first-order valence-corrected chi connectivity index (χ1v) is 5.40. The van der Waals surface area contributed by atoms with Crippen molar-refractivity contribution in [2.75, 3.05) is 7.11 Å². The molecule has 78 valence electrons. The number of halogens is 1. The van der Waals surface area contributed by atoms with Gasteiger partial charge in [0.15, 0.2) is 5.58 Å². The van der Waals surface area contributed by atoms with Gasteiger partial charge in [0.2, 0.25) is 0 Å². The Hall–Kier alpha value is -1.36. The van der Waals surface area contributed by atoms with Crippen molar-refractivity contribution in [1.82, 2.24) is 4.98 Å². The van der Waals surface area contributed by atoms with Gasteiger partial charge in [-0.25, -0.2) is 9.78 Å². The third-order valence-electron chi connectivity index (χ3n) is 1.97. The lowest BCUT2D eigenvalue weighted by Crippen LogP contribution is -2.00. The average Bonchev–Trinajstić information content (AvgIpc) is 2.70. The normalized spacial score (nSPS) is 10.5. The van der Waals surface area contributed by atoms with E-state index in [9.17, 15) is 4.79 Å². The van der Waals surface area contributed by atoms with Gasteiger partial charge < -0.3 is 9.15 Å². The van der Waals surface area contributed by atoms with Gasteiger partial charge in [-0.3, -0.25) is 0 Å². The van der Waals surface area contributed by atoms with E-state index in [2.05, 4.69) is 25.7 Å². The zero-order valence-electron chi connectivity index (χ0n) is 7.99. The van der Waals surface area contributed by atoms with Crippen LogP contribution in [0.4, 0.5) is 0 Å². The molecule has 4 nitrogen and oxygen atoms in total. The maximum Gasteiger partial charge on any atom is 0.394 e. The Morgan fingerprint density at radius 3 is 3.07 bits per heavy atom. The number of aromatic nitrogens is 1. The van der Waals surface area contributed by atoms with Crippen molar-refractivity contribution >= 4 is 33.0 Å². The smallest absolute Gasteiger partial charge is 0.394 e. The van der Waals surface area contributed by atoms with Gasteiger partial charge in [-0.2, -0.15) is 0 Å². The Labute approximate surface area is 94.4 Å².